The third-order valence-electron chi connectivity index (χ3n) is 3.08. The van der Waals surface area contributed by atoms with E-state index in [4.69, 9.17) is 8.42 Å². The number of carbonyl (C=O) groups excluding carboxylic acids is 1. The summed E-state index contributed by atoms with van der Waals surface area (Å²) in [6.45, 7) is 2.41. The van der Waals surface area contributed by atoms with Gasteiger partial charge in [-0.1, -0.05) is 0 Å². The Labute approximate surface area is 114 Å². The molecule has 1 aliphatic heterocycles. The number of carbonyl (C=O) groups is 1. The number of likely N-dealkylation sites (tertiary alicyclic amines) is 1. The van der Waals surface area contributed by atoms with E-state index >= 15 is 0 Å². The molecule has 16 heavy (non-hydrogen) atoms. The van der Waals surface area contributed by atoms with Gasteiger partial charge < -0.3 is 0 Å². The molecule has 0 bridgehead atoms. The summed E-state index contributed by atoms with van der Waals surface area (Å²) < 4.78 is 5.31. The second-order valence-corrected chi connectivity index (χ2v) is 5.61. The van der Waals surface area contributed by atoms with E-state index in [0.717, 1.165) is 51.8 Å². The summed E-state index contributed by atoms with van der Waals surface area (Å²) in [5.41, 5.74) is 5.42. The summed E-state index contributed by atoms with van der Waals surface area (Å²) in [7, 11) is 0. The van der Waals surface area contributed by atoms with Gasteiger partial charge in [0.15, 0.2) is 0 Å². The van der Waals surface area contributed by atoms with Crippen LogP contribution in [0.15, 0.2) is 0 Å². The van der Waals surface area contributed by atoms with Gasteiger partial charge in [-0.05, 0) is 0 Å². The van der Waals surface area contributed by atoms with Crippen molar-refractivity contribution in [1.29, 1.82) is 0 Å². The van der Waals surface area contributed by atoms with Gasteiger partial charge in [0.05, 0.1) is 0 Å². The summed E-state index contributed by atoms with van der Waals surface area (Å²) >= 11 is 0.576. The van der Waals surface area contributed by atoms with Crippen molar-refractivity contribution in [2.45, 2.75) is 44.6 Å². The maximum atomic E-state index is 11.9. The first-order valence-electron chi connectivity index (χ1n) is 6.10. The molecule has 1 heterocycles. The molecule has 0 aromatic heterocycles. The molecule has 0 aromatic rings. The van der Waals surface area contributed by atoms with Gasteiger partial charge in [-0.25, -0.2) is 0 Å². The molecule has 0 radical (unpaired) electrons. The van der Waals surface area contributed by atoms with E-state index in [1.807, 2.05) is 4.90 Å². The van der Waals surface area contributed by atoms with Crippen molar-refractivity contribution >= 4 is 32.1 Å². The molecule has 0 aliphatic carbocycles. The zero-order valence-electron chi connectivity index (χ0n) is 9.86. The van der Waals surface area contributed by atoms with Gasteiger partial charge in [-0.3, -0.25) is 0 Å². The minimum absolute atomic E-state index is 0.307. The first-order chi connectivity index (χ1) is 7.79. The van der Waals surface area contributed by atoms with Crippen molar-refractivity contribution in [3.8, 4) is 0 Å². The van der Waals surface area contributed by atoms with E-state index in [9.17, 15) is 4.79 Å². The number of unbranched alkanes of at least 4 members (excludes halogenated alkanes) is 2. The fourth-order valence-electron chi connectivity index (χ4n) is 2.19. The van der Waals surface area contributed by atoms with Crippen LogP contribution in [0.4, 0.5) is 0 Å². The number of hydrogen-bond donors (Lipinski definition) is 1. The fourth-order valence-corrected chi connectivity index (χ4v) is 3.05. The average molecular weight is 418 g/mol. The Morgan fingerprint density at radius 1 is 1.44 bits per heavy atom. The van der Waals surface area contributed by atoms with Gasteiger partial charge >= 0.3 is 115 Å². The van der Waals surface area contributed by atoms with Gasteiger partial charge in [0.1, 0.15) is 0 Å². The van der Waals surface area contributed by atoms with Crippen LogP contribution in [0, 0.1) is 0 Å². The number of amides is 1. The second-order valence-electron chi connectivity index (χ2n) is 4.32. The van der Waals surface area contributed by atoms with Gasteiger partial charge in [0, 0.05) is 0 Å². The van der Waals surface area contributed by atoms with Crippen molar-refractivity contribution < 1.29 is 7.48 Å². The molecule has 1 rings (SSSR count). The number of rotatable bonds is 7. The van der Waals surface area contributed by atoms with E-state index in [1.165, 1.54) is 0 Å². The Morgan fingerprint density at radius 3 is 2.94 bits per heavy atom. The normalized spacial score (nSPS) is 20.2. The topological polar surface area (TPSA) is 55.6 Å². The van der Waals surface area contributed by atoms with E-state index in [1.54, 1.807) is 0 Å². The summed E-state index contributed by atoms with van der Waals surface area (Å²) in [4.78, 5) is 14.0. The standard InChI is InChI=1S/C11H21N2O2.Tl/c12-7-3-1-2-6-11(15)13-8-4-5-10(13)9-14;/h10H,1-9,12H2;/q-1;+1. The van der Waals surface area contributed by atoms with Crippen LogP contribution in [0.3, 0.4) is 0 Å². The van der Waals surface area contributed by atoms with E-state index in [2.05, 4.69) is 0 Å². The molecule has 1 unspecified atom stereocenters. The van der Waals surface area contributed by atoms with Crippen LogP contribution < -0.4 is 5.73 Å². The van der Waals surface area contributed by atoms with Gasteiger partial charge in [-0.2, -0.15) is 0 Å². The molecule has 90 valence electrons. The summed E-state index contributed by atoms with van der Waals surface area (Å²) in [6, 6.07) is 0.354. The van der Waals surface area contributed by atoms with Crippen LogP contribution in [-0.2, 0) is 7.48 Å². The molecule has 1 aliphatic rings. The molecular weight excluding hydrogens is 397 g/mol. The van der Waals surface area contributed by atoms with Crippen molar-refractivity contribution in [3.63, 3.8) is 0 Å². The third kappa shape index (κ3) is 4.67. The predicted molar refractivity (Wildman–Crippen MR) is 64.0 cm³/mol. The molecule has 1 atom stereocenters. The van der Waals surface area contributed by atoms with Gasteiger partial charge in [0.25, 0.3) is 0 Å². The third-order valence-corrected chi connectivity index (χ3v) is 3.83. The minimum atomic E-state index is 0.307. The molecule has 0 spiro atoms. The van der Waals surface area contributed by atoms with Crippen molar-refractivity contribution in [3.05, 3.63) is 0 Å². The Kier molecular flexibility index (Phi) is 7.55. The van der Waals surface area contributed by atoms with Crippen LogP contribution >= 0.6 is 0 Å². The van der Waals surface area contributed by atoms with Crippen LogP contribution in [0.25, 0.3) is 0 Å². The molecule has 0 saturated carbocycles. The van der Waals surface area contributed by atoms with E-state index in [-0.39, 0.29) is 0 Å². The molecular formula is C11H21N2O2Tl. The fraction of sp³-hybridized carbons (Fsp3) is 0.909. The quantitative estimate of drug-likeness (QED) is 0.487. The van der Waals surface area contributed by atoms with Gasteiger partial charge in [0.2, 0.25) is 0 Å². The van der Waals surface area contributed by atoms with Crippen molar-refractivity contribution in [2.75, 3.05) is 19.7 Å². The molecule has 1 fully saturated rings. The van der Waals surface area contributed by atoms with Crippen molar-refractivity contribution in [2.24, 2.45) is 5.73 Å². The first kappa shape index (κ1) is 14.4. The zero-order chi connectivity index (χ0) is 11.8. The summed E-state index contributed by atoms with van der Waals surface area (Å²) in [5.74, 6) is 0.307. The molecule has 0 aromatic carbocycles. The molecule has 1 amide bonds. The molecule has 4 nitrogen and oxygen atoms in total. The Hall–Kier alpha value is 0.312. The molecule has 5 heteroatoms. The van der Waals surface area contributed by atoms with Crippen LogP contribution in [0.5, 0.6) is 0 Å². The van der Waals surface area contributed by atoms with Crippen molar-refractivity contribution in [1.82, 2.24) is 4.90 Å². The average Bonchev–Trinajstić information content (AvgIpc) is 2.73. The van der Waals surface area contributed by atoms with E-state index < -0.39 is 0 Å². The van der Waals surface area contributed by atoms with E-state index in [0.29, 0.717) is 44.6 Å². The maximum absolute atomic E-state index is 11.9. The van der Waals surface area contributed by atoms with Crippen LogP contribution in [0.2, 0.25) is 0 Å². The monoisotopic (exact) mass is 418 g/mol. The number of nitrogens with two attached hydrogens (primary N) is 1. The summed E-state index contributed by atoms with van der Waals surface area (Å²) in [5, 5.41) is 0. The van der Waals surface area contributed by atoms with Crippen LogP contribution in [0.1, 0.15) is 38.5 Å². The number of hydrogen-bond acceptors (Lipinski definition) is 3. The summed E-state index contributed by atoms with van der Waals surface area (Å²) in [6.07, 6.45) is 6.00. The zero-order valence-corrected chi connectivity index (χ0v) is 14.3. The Balaban J connectivity index is 2.23. The molecule has 1 saturated heterocycles. The SMILES string of the molecule is NCCCCCC(=O)N1CCCC1C[O][Tl]. The first-order valence-corrected chi connectivity index (χ1v) is 7.94. The Morgan fingerprint density at radius 2 is 2.25 bits per heavy atom. The number of nitrogens with zero attached hydrogens (tertiary/aromatic N) is 1. The van der Waals surface area contributed by atoms with Gasteiger partial charge in [-0.15, -0.1) is 0 Å². The second kappa shape index (κ2) is 8.41. The Bertz CT molecular complexity index is 214. The van der Waals surface area contributed by atoms with Crippen LogP contribution in [-0.4, -0.2) is 62.8 Å². The predicted octanol–water partition coefficient (Wildman–Crippen LogP) is 0.597. The molecule has 2 N–H and O–H groups in total.